The van der Waals surface area contributed by atoms with Crippen LogP contribution in [0.4, 0.5) is 11.4 Å². The highest BCUT2D eigenvalue weighted by atomic mass is 16.6. The summed E-state index contributed by atoms with van der Waals surface area (Å²) < 4.78 is 5.37. The standard InChI is InChI=1S/C23H26N4O4/c1-15-20(4-3-5-22(15)27(29)30)25-23(28)14-26-10-8-16(9-11-26)19-13-24-21-7-6-17(31-2)12-18(19)21/h3-7,12-13,16,24H,8-11,14H2,1-2H3,(H,25,28). The molecule has 8 heteroatoms. The summed E-state index contributed by atoms with van der Waals surface area (Å²) in [5, 5.41) is 15.1. The van der Waals surface area contributed by atoms with Gasteiger partial charge in [0.05, 0.1) is 29.8 Å². The number of methoxy groups -OCH3 is 1. The molecule has 0 aliphatic carbocycles. The van der Waals surface area contributed by atoms with Crippen LogP contribution >= 0.6 is 0 Å². The lowest BCUT2D eigenvalue weighted by atomic mass is 9.89. The van der Waals surface area contributed by atoms with Gasteiger partial charge in [-0.15, -0.1) is 0 Å². The lowest BCUT2D eigenvalue weighted by Crippen LogP contribution is -2.38. The number of ether oxygens (including phenoxy) is 1. The third kappa shape index (κ3) is 4.39. The Morgan fingerprint density at radius 1 is 1.29 bits per heavy atom. The molecule has 0 unspecified atom stereocenters. The predicted molar refractivity (Wildman–Crippen MR) is 120 cm³/mol. The molecule has 2 heterocycles. The van der Waals surface area contributed by atoms with E-state index in [4.69, 9.17) is 4.74 Å². The third-order valence-corrected chi connectivity index (χ3v) is 6.09. The van der Waals surface area contributed by atoms with Gasteiger partial charge in [0.15, 0.2) is 0 Å². The molecule has 3 aromatic rings. The number of nitro benzene ring substituents is 1. The maximum atomic E-state index is 12.5. The first kappa shape index (κ1) is 20.9. The van der Waals surface area contributed by atoms with Crippen molar-refractivity contribution in [3.05, 3.63) is 63.8 Å². The van der Waals surface area contributed by atoms with Crippen molar-refractivity contribution in [1.29, 1.82) is 0 Å². The van der Waals surface area contributed by atoms with Crippen LogP contribution in [0.3, 0.4) is 0 Å². The Balaban J connectivity index is 1.36. The number of anilines is 1. The van der Waals surface area contributed by atoms with Gasteiger partial charge in [0, 0.05) is 23.2 Å². The van der Waals surface area contributed by atoms with Gasteiger partial charge in [-0.3, -0.25) is 19.8 Å². The highest BCUT2D eigenvalue weighted by Crippen LogP contribution is 2.34. The van der Waals surface area contributed by atoms with Crippen molar-refractivity contribution < 1.29 is 14.5 Å². The smallest absolute Gasteiger partial charge is 0.274 e. The van der Waals surface area contributed by atoms with E-state index in [1.165, 1.54) is 17.0 Å². The first-order valence-electron chi connectivity index (χ1n) is 10.4. The summed E-state index contributed by atoms with van der Waals surface area (Å²) >= 11 is 0. The van der Waals surface area contributed by atoms with Crippen molar-refractivity contribution in [1.82, 2.24) is 9.88 Å². The summed E-state index contributed by atoms with van der Waals surface area (Å²) in [5.41, 5.74) is 3.36. The van der Waals surface area contributed by atoms with Crippen molar-refractivity contribution in [3.63, 3.8) is 0 Å². The Kier molecular flexibility index (Phi) is 5.90. The molecule has 4 rings (SSSR count). The number of H-pyrrole nitrogens is 1. The summed E-state index contributed by atoms with van der Waals surface area (Å²) in [5.74, 6) is 1.12. The number of carbonyl (C=O) groups is 1. The molecule has 1 aliphatic heterocycles. The molecule has 1 fully saturated rings. The van der Waals surface area contributed by atoms with Gasteiger partial charge < -0.3 is 15.0 Å². The summed E-state index contributed by atoms with van der Waals surface area (Å²) in [6.07, 6.45) is 4.02. The van der Waals surface area contributed by atoms with E-state index < -0.39 is 4.92 Å². The Morgan fingerprint density at radius 3 is 2.77 bits per heavy atom. The number of fused-ring (bicyclic) bond motifs is 1. The first-order valence-corrected chi connectivity index (χ1v) is 10.4. The van der Waals surface area contributed by atoms with E-state index >= 15 is 0 Å². The van der Waals surface area contributed by atoms with Crippen molar-refractivity contribution in [2.45, 2.75) is 25.7 Å². The average Bonchev–Trinajstić information content (AvgIpc) is 3.18. The Hall–Kier alpha value is -3.39. The van der Waals surface area contributed by atoms with Gasteiger partial charge in [0.25, 0.3) is 5.69 Å². The highest BCUT2D eigenvalue weighted by molar-refractivity contribution is 5.93. The van der Waals surface area contributed by atoms with Crippen LogP contribution in [-0.4, -0.2) is 47.5 Å². The minimum absolute atomic E-state index is 0.00831. The minimum Gasteiger partial charge on any atom is -0.497 e. The molecule has 2 N–H and O–H groups in total. The number of likely N-dealkylation sites (tertiary alicyclic amines) is 1. The lowest BCUT2D eigenvalue weighted by molar-refractivity contribution is -0.385. The number of carbonyl (C=O) groups excluding carboxylic acids is 1. The molecule has 162 valence electrons. The van der Waals surface area contributed by atoms with Gasteiger partial charge in [-0.05, 0) is 68.6 Å². The number of aromatic amines is 1. The molecular formula is C23H26N4O4. The molecule has 1 amide bonds. The van der Waals surface area contributed by atoms with Crippen LogP contribution in [0.5, 0.6) is 5.75 Å². The topological polar surface area (TPSA) is 100 Å². The van der Waals surface area contributed by atoms with Gasteiger partial charge in [0.1, 0.15) is 5.75 Å². The molecule has 0 saturated carbocycles. The number of nitro groups is 1. The second kappa shape index (κ2) is 8.77. The number of benzene rings is 2. The Labute approximate surface area is 180 Å². The molecule has 0 atom stereocenters. The normalized spacial score (nSPS) is 15.2. The van der Waals surface area contributed by atoms with Crippen molar-refractivity contribution in [2.24, 2.45) is 0 Å². The van der Waals surface area contributed by atoms with Crippen LogP contribution in [0.1, 0.15) is 29.9 Å². The molecule has 1 saturated heterocycles. The van der Waals surface area contributed by atoms with Gasteiger partial charge >= 0.3 is 0 Å². The SMILES string of the molecule is COc1ccc2[nH]cc(C3CCN(CC(=O)Nc4cccc([N+](=O)[O-])c4C)CC3)c2c1. The Morgan fingerprint density at radius 2 is 2.06 bits per heavy atom. The average molecular weight is 422 g/mol. The van der Waals surface area contributed by atoms with Crippen LogP contribution in [0.25, 0.3) is 10.9 Å². The van der Waals surface area contributed by atoms with Crippen LogP contribution < -0.4 is 10.1 Å². The van der Waals surface area contributed by atoms with E-state index in [0.29, 0.717) is 17.2 Å². The molecule has 31 heavy (non-hydrogen) atoms. The van der Waals surface area contributed by atoms with Gasteiger partial charge in [-0.2, -0.15) is 0 Å². The zero-order chi connectivity index (χ0) is 22.0. The number of rotatable bonds is 6. The van der Waals surface area contributed by atoms with Gasteiger partial charge in [0.2, 0.25) is 5.91 Å². The summed E-state index contributed by atoms with van der Waals surface area (Å²) in [7, 11) is 1.67. The summed E-state index contributed by atoms with van der Waals surface area (Å²) in [6, 6.07) is 10.8. The van der Waals surface area contributed by atoms with Crippen LogP contribution in [0.15, 0.2) is 42.6 Å². The van der Waals surface area contributed by atoms with E-state index in [1.807, 2.05) is 12.1 Å². The molecule has 1 aliphatic rings. The Bertz CT molecular complexity index is 1120. The molecule has 2 aromatic carbocycles. The fraction of sp³-hybridized carbons (Fsp3) is 0.348. The van der Waals surface area contributed by atoms with E-state index in [2.05, 4.69) is 27.5 Å². The predicted octanol–water partition coefficient (Wildman–Crippen LogP) is 4.21. The number of aromatic nitrogens is 1. The molecule has 0 spiro atoms. The second-order valence-electron chi connectivity index (χ2n) is 7.96. The zero-order valence-electron chi connectivity index (χ0n) is 17.7. The number of hydrogen-bond donors (Lipinski definition) is 2. The van der Waals surface area contributed by atoms with Crippen molar-refractivity contribution in [2.75, 3.05) is 32.1 Å². The largest absolute Gasteiger partial charge is 0.497 e. The molecule has 0 bridgehead atoms. The fourth-order valence-electron chi connectivity index (χ4n) is 4.34. The van der Waals surface area contributed by atoms with Crippen molar-refractivity contribution >= 4 is 28.2 Å². The van der Waals surface area contributed by atoms with E-state index in [1.54, 1.807) is 26.2 Å². The maximum Gasteiger partial charge on any atom is 0.274 e. The fourth-order valence-corrected chi connectivity index (χ4v) is 4.34. The summed E-state index contributed by atoms with van der Waals surface area (Å²) in [4.78, 5) is 28.7. The number of nitrogens with one attached hydrogen (secondary N) is 2. The number of hydrogen-bond acceptors (Lipinski definition) is 5. The van der Waals surface area contributed by atoms with Crippen molar-refractivity contribution in [3.8, 4) is 5.75 Å². The second-order valence-corrected chi connectivity index (χ2v) is 7.96. The highest BCUT2D eigenvalue weighted by Gasteiger charge is 2.24. The minimum atomic E-state index is -0.434. The van der Waals surface area contributed by atoms with Crippen LogP contribution in [0.2, 0.25) is 0 Å². The van der Waals surface area contributed by atoms with E-state index in [0.717, 1.165) is 37.2 Å². The third-order valence-electron chi connectivity index (χ3n) is 6.09. The van der Waals surface area contributed by atoms with Gasteiger partial charge in [-0.25, -0.2) is 0 Å². The van der Waals surface area contributed by atoms with Gasteiger partial charge in [-0.1, -0.05) is 6.07 Å². The first-order chi connectivity index (χ1) is 15.0. The lowest BCUT2D eigenvalue weighted by Gasteiger charge is -2.31. The molecule has 1 aromatic heterocycles. The maximum absolute atomic E-state index is 12.5. The number of piperidine rings is 1. The quantitative estimate of drug-likeness (QED) is 0.458. The van der Waals surface area contributed by atoms with Crippen LogP contribution in [-0.2, 0) is 4.79 Å². The van der Waals surface area contributed by atoms with E-state index in [9.17, 15) is 14.9 Å². The number of amides is 1. The molecule has 0 radical (unpaired) electrons. The zero-order valence-corrected chi connectivity index (χ0v) is 17.7. The van der Waals surface area contributed by atoms with Crippen LogP contribution in [0, 0.1) is 17.0 Å². The number of nitrogens with zero attached hydrogens (tertiary/aromatic N) is 2. The molecule has 8 nitrogen and oxygen atoms in total. The molecular weight excluding hydrogens is 396 g/mol. The summed E-state index contributed by atoms with van der Waals surface area (Å²) in [6.45, 7) is 3.57. The van der Waals surface area contributed by atoms with E-state index in [-0.39, 0.29) is 18.1 Å². The monoisotopic (exact) mass is 422 g/mol.